The van der Waals surface area contributed by atoms with Crippen LogP contribution in [0.1, 0.15) is 38.4 Å². The van der Waals surface area contributed by atoms with Crippen molar-refractivity contribution in [3.05, 3.63) is 58.0 Å². The van der Waals surface area contributed by atoms with Crippen molar-refractivity contribution >= 4 is 0 Å². The molecule has 5 nitrogen and oxygen atoms in total. The standard InChI is InChI=1S/C18H21N3O2/c1-18(2,3)14-6-4-7-16(12-14)23-11-5-10-21-17(22)9-8-15(13-19)20-21/h4,6-9,12H,5,10-11H2,1-3H3. The highest BCUT2D eigenvalue weighted by atomic mass is 16.5. The van der Waals surface area contributed by atoms with Gasteiger partial charge in [0.05, 0.1) is 6.61 Å². The monoisotopic (exact) mass is 311 g/mol. The summed E-state index contributed by atoms with van der Waals surface area (Å²) in [5, 5.41) is 12.8. The minimum atomic E-state index is -0.210. The molecular formula is C18H21N3O2. The number of benzene rings is 1. The van der Waals surface area contributed by atoms with E-state index < -0.39 is 0 Å². The van der Waals surface area contributed by atoms with Crippen LogP contribution in [0.15, 0.2) is 41.2 Å². The molecule has 1 heterocycles. The molecule has 23 heavy (non-hydrogen) atoms. The highest BCUT2D eigenvalue weighted by Gasteiger charge is 2.13. The average Bonchev–Trinajstić information content (AvgIpc) is 2.52. The molecule has 2 aromatic rings. The Balaban J connectivity index is 1.91. The predicted molar refractivity (Wildman–Crippen MR) is 88.5 cm³/mol. The zero-order chi connectivity index (χ0) is 16.9. The van der Waals surface area contributed by atoms with E-state index in [4.69, 9.17) is 10.00 Å². The third kappa shape index (κ3) is 4.68. The molecule has 0 saturated carbocycles. The third-order valence-electron chi connectivity index (χ3n) is 3.46. The first-order chi connectivity index (χ1) is 10.9. The van der Waals surface area contributed by atoms with Crippen LogP contribution in [-0.4, -0.2) is 16.4 Å². The van der Waals surface area contributed by atoms with Crippen molar-refractivity contribution in [3.63, 3.8) is 0 Å². The maximum atomic E-state index is 11.7. The van der Waals surface area contributed by atoms with Crippen molar-refractivity contribution < 1.29 is 4.74 Å². The molecule has 1 aromatic carbocycles. The van der Waals surface area contributed by atoms with Gasteiger partial charge in [0, 0.05) is 19.0 Å². The largest absolute Gasteiger partial charge is 0.494 e. The van der Waals surface area contributed by atoms with Crippen molar-refractivity contribution in [2.45, 2.75) is 39.2 Å². The maximum Gasteiger partial charge on any atom is 0.266 e. The molecule has 1 aromatic heterocycles. The van der Waals surface area contributed by atoms with E-state index in [1.165, 1.54) is 22.4 Å². The van der Waals surface area contributed by atoms with E-state index in [0.29, 0.717) is 19.6 Å². The van der Waals surface area contributed by atoms with Gasteiger partial charge in [-0.2, -0.15) is 10.4 Å². The van der Waals surface area contributed by atoms with Gasteiger partial charge < -0.3 is 4.74 Å². The molecule has 0 fully saturated rings. The van der Waals surface area contributed by atoms with Gasteiger partial charge in [-0.05, 0) is 29.2 Å². The topological polar surface area (TPSA) is 67.9 Å². The maximum absolute atomic E-state index is 11.7. The van der Waals surface area contributed by atoms with E-state index in [-0.39, 0.29) is 16.7 Å². The van der Waals surface area contributed by atoms with Gasteiger partial charge in [-0.3, -0.25) is 4.79 Å². The molecule has 0 spiro atoms. The summed E-state index contributed by atoms with van der Waals surface area (Å²) < 4.78 is 7.05. The first kappa shape index (κ1) is 16.8. The normalized spacial score (nSPS) is 11.0. The summed E-state index contributed by atoms with van der Waals surface area (Å²) in [5.41, 5.74) is 1.32. The molecule has 0 aliphatic carbocycles. The van der Waals surface area contributed by atoms with Gasteiger partial charge in [0.1, 0.15) is 11.8 Å². The first-order valence-electron chi connectivity index (χ1n) is 7.62. The van der Waals surface area contributed by atoms with Crippen LogP contribution in [0.3, 0.4) is 0 Å². The molecule has 0 radical (unpaired) electrons. The molecule has 2 rings (SSSR count). The zero-order valence-electron chi connectivity index (χ0n) is 13.7. The number of hydrogen-bond acceptors (Lipinski definition) is 4. The molecule has 0 atom stereocenters. The smallest absolute Gasteiger partial charge is 0.266 e. The van der Waals surface area contributed by atoms with Gasteiger partial charge in [-0.25, -0.2) is 4.68 Å². The van der Waals surface area contributed by atoms with Gasteiger partial charge >= 0.3 is 0 Å². The summed E-state index contributed by atoms with van der Waals surface area (Å²) in [6, 6.07) is 12.8. The minimum absolute atomic E-state index is 0.0777. The van der Waals surface area contributed by atoms with Crippen molar-refractivity contribution in [1.82, 2.24) is 9.78 Å². The van der Waals surface area contributed by atoms with E-state index >= 15 is 0 Å². The molecule has 120 valence electrons. The quantitative estimate of drug-likeness (QED) is 0.796. The van der Waals surface area contributed by atoms with Crippen molar-refractivity contribution in [2.75, 3.05) is 6.61 Å². The summed E-state index contributed by atoms with van der Waals surface area (Å²) in [5.74, 6) is 0.823. The van der Waals surface area contributed by atoms with Gasteiger partial charge in [0.15, 0.2) is 5.69 Å². The fourth-order valence-electron chi connectivity index (χ4n) is 2.13. The summed E-state index contributed by atoms with van der Waals surface area (Å²) in [4.78, 5) is 11.7. The Morgan fingerprint density at radius 1 is 1.26 bits per heavy atom. The number of ether oxygens (including phenoxy) is 1. The Hall–Kier alpha value is -2.61. The molecular weight excluding hydrogens is 290 g/mol. The molecule has 5 heteroatoms. The minimum Gasteiger partial charge on any atom is -0.494 e. The highest BCUT2D eigenvalue weighted by molar-refractivity contribution is 5.32. The van der Waals surface area contributed by atoms with Crippen molar-refractivity contribution in [1.29, 1.82) is 5.26 Å². The number of aryl methyl sites for hydroxylation is 1. The Kier molecular flexibility index (Phi) is 5.17. The lowest BCUT2D eigenvalue weighted by Crippen LogP contribution is -2.23. The van der Waals surface area contributed by atoms with Gasteiger partial charge in [0.2, 0.25) is 0 Å². The fraction of sp³-hybridized carbons (Fsp3) is 0.389. The summed E-state index contributed by atoms with van der Waals surface area (Å²) in [7, 11) is 0. The zero-order valence-corrected chi connectivity index (χ0v) is 13.7. The third-order valence-corrected chi connectivity index (χ3v) is 3.46. The molecule has 0 N–H and O–H groups in total. The number of hydrogen-bond donors (Lipinski definition) is 0. The van der Waals surface area contributed by atoms with Crippen LogP contribution in [0.25, 0.3) is 0 Å². The Morgan fingerprint density at radius 3 is 2.74 bits per heavy atom. The van der Waals surface area contributed by atoms with Gasteiger partial charge in [-0.15, -0.1) is 0 Å². The highest BCUT2D eigenvalue weighted by Crippen LogP contribution is 2.25. The van der Waals surface area contributed by atoms with Crippen LogP contribution in [0.2, 0.25) is 0 Å². The Labute approximate surface area is 136 Å². The SMILES string of the molecule is CC(C)(C)c1cccc(OCCCn2nc(C#N)ccc2=O)c1. The van der Waals surface area contributed by atoms with E-state index in [0.717, 1.165) is 5.75 Å². The lowest BCUT2D eigenvalue weighted by molar-refractivity contribution is 0.296. The molecule has 0 amide bonds. The number of nitrogens with zero attached hydrogens (tertiary/aromatic N) is 3. The van der Waals surface area contributed by atoms with E-state index in [1.807, 2.05) is 24.3 Å². The van der Waals surface area contributed by atoms with Gasteiger partial charge in [-0.1, -0.05) is 32.9 Å². The summed E-state index contributed by atoms with van der Waals surface area (Å²) in [6.07, 6.45) is 0.640. The van der Waals surface area contributed by atoms with Crippen LogP contribution in [0.5, 0.6) is 5.75 Å². The predicted octanol–water partition coefficient (Wildman–Crippen LogP) is 2.88. The van der Waals surface area contributed by atoms with Crippen LogP contribution in [-0.2, 0) is 12.0 Å². The average molecular weight is 311 g/mol. The van der Waals surface area contributed by atoms with Crippen LogP contribution in [0, 0.1) is 11.3 Å². The molecule has 0 aliphatic heterocycles. The lowest BCUT2D eigenvalue weighted by atomic mass is 9.87. The van der Waals surface area contributed by atoms with Crippen molar-refractivity contribution in [2.24, 2.45) is 0 Å². The van der Waals surface area contributed by atoms with E-state index in [1.54, 1.807) is 0 Å². The second-order valence-corrected chi connectivity index (χ2v) is 6.37. The number of aromatic nitrogens is 2. The van der Waals surface area contributed by atoms with Crippen LogP contribution >= 0.6 is 0 Å². The van der Waals surface area contributed by atoms with Crippen molar-refractivity contribution in [3.8, 4) is 11.8 Å². The Morgan fingerprint density at radius 2 is 2.04 bits per heavy atom. The summed E-state index contributed by atoms with van der Waals surface area (Å²) >= 11 is 0. The van der Waals surface area contributed by atoms with Gasteiger partial charge in [0.25, 0.3) is 5.56 Å². The fourth-order valence-corrected chi connectivity index (χ4v) is 2.13. The van der Waals surface area contributed by atoms with Crippen LogP contribution < -0.4 is 10.3 Å². The molecule has 0 unspecified atom stereocenters. The summed E-state index contributed by atoms with van der Waals surface area (Å²) in [6.45, 7) is 7.39. The Bertz CT molecular complexity index is 767. The second kappa shape index (κ2) is 7.10. The first-order valence-corrected chi connectivity index (χ1v) is 7.62. The molecule has 0 bridgehead atoms. The van der Waals surface area contributed by atoms with E-state index in [9.17, 15) is 4.79 Å². The number of rotatable bonds is 5. The van der Waals surface area contributed by atoms with Crippen LogP contribution in [0.4, 0.5) is 0 Å². The number of nitriles is 1. The lowest BCUT2D eigenvalue weighted by Gasteiger charge is -2.19. The second-order valence-electron chi connectivity index (χ2n) is 6.37. The van der Waals surface area contributed by atoms with E-state index in [2.05, 4.69) is 31.9 Å². The molecule has 0 saturated heterocycles. The molecule has 0 aliphatic rings.